The molecule has 0 bridgehead atoms. The van der Waals surface area contributed by atoms with Crippen LogP contribution in [0.2, 0.25) is 0 Å². The van der Waals surface area contributed by atoms with E-state index in [0.717, 1.165) is 6.54 Å². The van der Waals surface area contributed by atoms with E-state index >= 15 is 0 Å². The summed E-state index contributed by atoms with van der Waals surface area (Å²) in [5.41, 5.74) is 0.635. The average Bonchev–Trinajstić information content (AvgIpc) is 2.92. The van der Waals surface area contributed by atoms with Crippen LogP contribution in [0.15, 0.2) is 24.3 Å². The van der Waals surface area contributed by atoms with Crippen LogP contribution in [0.25, 0.3) is 0 Å². The Bertz CT molecular complexity index is 632. The van der Waals surface area contributed by atoms with E-state index in [1.54, 1.807) is 12.1 Å². The van der Waals surface area contributed by atoms with Crippen LogP contribution in [-0.2, 0) is 16.4 Å². The lowest BCUT2D eigenvalue weighted by Crippen LogP contribution is -2.37. The van der Waals surface area contributed by atoms with Gasteiger partial charge in [-0.2, -0.15) is 0 Å². The molecule has 0 radical (unpaired) electrons. The Labute approximate surface area is 125 Å². The number of fused-ring (bicyclic) bond motifs is 1. The SMILES string of the molecule is CN(C)[C@@H]1CS(=O)(=O)[C@H]2CN(Cc3ccccc3F)C[C@@H]12. The van der Waals surface area contributed by atoms with Crippen LogP contribution in [-0.4, -0.2) is 62.4 Å². The molecule has 0 spiro atoms. The summed E-state index contributed by atoms with van der Waals surface area (Å²) in [6.07, 6.45) is 0. The Morgan fingerprint density at radius 3 is 2.67 bits per heavy atom. The summed E-state index contributed by atoms with van der Waals surface area (Å²) >= 11 is 0. The number of sulfone groups is 1. The molecule has 3 rings (SSSR count). The first kappa shape index (κ1) is 14.9. The summed E-state index contributed by atoms with van der Waals surface area (Å²) in [6.45, 7) is 1.72. The van der Waals surface area contributed by atoms with Crippen LogP contribution in [0.3, 0.4) is 0 Å². The number of likely N-dealkylation sites (tertiary alicyclic amines) is 1. The first-order valence-corrected chi connectivity index (χ1v) is 8.94. The molecule has 2 fully saturated rings. The highest BCUT2D eigenvalue weighted by molar-refractivity contribution is 7.92. The van der Waals surface area contributed by atoms with Crippen LogP contribution in [0, 0.1) is 11.7 Å². The number of benzene rings is 1. The van der Waals surface area contributed by atoms with Crippen LogP contribution < -0.4 is 0 Å². The Hall–Kier alpha value is -0.980. The Morgan fingerprint density at radius 2 is 2.00 bits per heavy atom. The molecule has 0 amide bonds. The molecule has 0 saturated carbocycles. The van der Waals surface area contributed by atoms with E-state index in [1.165, 1.54) is 6.07 Å². The minimum absolute atomic E-state index is 0.0746. The Balaban J connectivity index is 1.77. The second kappa shape index (κ2) is 5.34. The zero-order valence-electron chi connectivity index (χ0n) is 12.4. The van der Waals surface area contributed by atoms with E-state index in [0.29, 0.717) is 18.7 Å². The molecular formula is C15H21FN2O2S. The number of nitrogens with zero attached hydrogens (tertiary/aromatic N) is 2. The summed E-state index contributed by atoms with van der Waals surface area (Å²) < 4.78 is 38.3. The first-order valence-electron chi connectivity index (χ1n) is 7.22. The maximum atomic E-state index is 13.7. The number of hydrogen-bond donors (Lipinski definition) is 0. The fourth-order valence-electron chi connectivity index (χ4n) is 3.64. The highest BCUT2D eigenvalue weighted by Gasteiger charge is 2.52. The molecule has 2 saturated heterocycles. The van der Waals surface area contributed by atoms with Gasteiger partial charge < -0.3 is 4.90 Å². The van der Waals surface area contributed by atoms with Gasteiger partial charge in [-0.15, -0.1) is 0 Å². The second-order valence-electron chi connectivity index (χ2n) is 6.35. The molecule has 3 atom stereocenters. The van der Waals surface area contributed by atoms with Gasteiger partial charge in [0.1, 0.15) is 5.82 Å². The molecule has 2 aliphatic heterocycles. The van der Waals surface area contributed by atoms with Gasteiger partial charge >= 0.3 is 0 Å². The number of hydrogen-bond acceptors (Lipinski definition) is 4. The lowest BCUT2D eigenvalue weighted by atomic mass is 10.00. The van der Waals surface area contributed by atoms with Gasteiger partial charge in [0.15, 0.2) is 9.84 Å². The molecule has 21 heavy (non-hydrogen) atoms. The minimum Gasteiger partial charge on any atom is -0.305 e. The summed E-state index contributed by atoms with van der Waals surface area (Å²) in [4.78, 5) is 4.08. The molecule has 1 aromatic rings. The predicted molar refractivity (Wildman–Crippen MR) is 80.2 cm³/mol. The van der Waals surface area contributed by atoms with Crippen LogP contribution >= 0.6 is 0 Å². The number of halogens is 1. The van der Waals surface area contributed by atoms with Gasteiger partial charge in [-0.25, -0.2) is 12.8 Å². The van der Waals surface area contributed by atoms with E-state index in [2.05, 4.69) is 4.90 Å². The molecule has 0 unspecified atom stereocenters. The van der Waals surface area contributed by atoms with Crippen molar-refractivity contribution in [1.82, 2.24) is 9.80 Å². The minimum atomic E-state index is -3.03. The summed E-state index contributed by atoms with van der Waals surface area (Å²) in [7, 11) is 0.835. The van der Waals surface area contributed by atoms with Crippen molar-refractivity contribution in [3.8, 4) is 0 Å². The fourth-order valence-corrected chi connectivity index (χ4v) is 6.15. The van der Waals surface area contributed by atoms with E-state index in [-0.39, 0.29) is 28.8 Å². The maximum Gasteiger partial charge on any atom is 0.156 e. The van der Waals surface area contributed by atoms with Gasteiger partial charge in [-0.05, 0) is 20.2 Å². The largest absolute Gasteiger partial charge is 0.305 e. The van der Waals surface area contributed by atoms with E-state index in [1.807, 2.05) is 25.1 Å². The summed E-state index contributed by atoms with van der Waals surface area (Å²) in [5.74, 6) is 0.168. The summed E-state index contributed by atoms with van der Waals surface area (Å²) in [5, 5.41) is -0.295. The van der Waals surface area contributed by atoms with Gasteiger partial charge in [0.05, 0.1) is 11.0 Å². The Kier molecular flexibility index (Phi) is 3.80. The molecule has 6 heteroatoms. The van der Waals surface area contributed by atoms with Crippen molar-refractivity contribution in [1.29, 1.82) is 0 Å². The topological polar surface area (TPSA) is 40.6 Å². The molecule has 0 aliphatic carbocycles. The molecule has 4 nitrogen and oxygen atoms in total. The fraction of sp³-hybridized carbons (Fsp3) is 0.600. The van der Waals surface area contributed by atoms with Gasteiger partial charge in [0.25, 0.3) is 0 Å². The van der Waals surface area contributed by atoms with Crippen molar-refractivity contribution < 1.29 is 12.8 Å². The molecule has 2 aliphatic rings. The summed E-state index contributed by atoms with van der Waals surface area (Å²) in [6, 6.07) is 6.77. The van der Waals surface area contributed by atoms with Crippen molar-refractivity contribution in [3.05, 3.63) is 35.6 Å². The number of rotatable bonds is 3. The highest BCUT2D eigenvalue weighted by Crippen LogP contribution is 2.36. The zero-order chi connectivity index (χ0) is 15.2. The van der Waals surface area contributed by atoms with E-state index in [9.17, 15) is 12.8 Å². The average molecular weight is 312 g/mol. The maximum absolute atomic E-state index is 13.7. The predicted octanol–water partition coefficient (Wildman–Crippen LogP) is 0.985. The standard InChI is InChI=1S/C15H21FN2O2S/c1-17(2)14-10-21(19,20)15-9-18(8-12(14)15)7-11-5-3-4-6-13(11)16/h3-6,12,14-15H,7-10H2,1-2H3/t12-,14+,15-/m0/s1. The van der Waals surface area contributed by atoms with Gasteiger partial charge in [0, 0.05) is 37.2 Å². The molecule has 0 N–H and O–H groups in total. The molecule has 1 aromatic carbocycles. The van der Waals surface area contributed by atoms with Crippen molar-refractivity contribution >= 4 is 9.84 Å². The monoisotopic (exact) mass is 312 g/mol. The van der Waals surface area contributed by atoms with Crippen molar-refractivity contribution in [2.24, 2.45) is 5.92 Å². The molecule has 116 valence electrons. The van der Waals surface area contributed by atoms with Crippen LogP contribution in [0.4, 0.5) is 4.39 Å². The van der Waals surface area contributed by atoms with Crippen molar-refractivity contribution in [2.45, 2.75) is 17.8 Å². The molecular weight excluding hydrogens is 291 g/mol. The Morgan fingerprint density at radius 1 is 1.29 bits per heavy atom. The third-order valence-corrected chi connectivity index (χ3v) is 6.99. The molecule has 2 heterocycles. The van der Waals surface area contributed by atoms with Crippen LogP contribution in [0.1, 0.15) is 5.56 Å². The first-order chi connectivity index (χ1) is 9.88. The third-order valence-electron chi connectivity index (χ3n) is 4.76. The van der Waals surface area contributed by atoms with Crippen molar-refractivity contribution in [2.75, 3.05) is 32.9 Å². The van der Waals surface area contributed by atoms with E-state index in [4.69, 9.17) is 0 Å². The van der Waals surface area contributed by atoms with Gasteiger partial charge in [-0.3, -0.25) is 4.90 Å². The van der Waals surface area contributed by atoms with Gasteiger partial charge in [0.2, 0.25) is 0 Å². The molecule has 0 aromatic heterocycles. The lowest BCUT2D eigenvalue weighted by molar-refractivity contribution is 0.229. The normalized spacial score (nSPS) is 31.7. The van der Waals surface area contributed by atoms with E-state index < -0.39 is 9.84 Å². The second-order valence-corrected chi connectivity index (χ2v) is 8.61. The third kappa shape index (κ3) is 2.72. The van der Waals surface area contributed by atoms with Crippen molar-refractivity contribution in [3.63, 3.8) is 0 Å². The lowest BCUT2D eigenvalue weighted by Gasteiger charge is -2.25. The van der Waals surface area contributed by atoms with Crippen LogP contribution in [0.5, 0.6) is 0 Å². The quantitative estimate of drug-likeness (QED) is 0.834. The van der Waals surface area contributed by atoms with Gasteiger partial charge in [-0.1, -0.05) is 18.2 Å². The zero-order valence-corrected chi connectivity index (χ0v) is 13.2. The smallest absolute Gasteiger partial charge is 0.156 e. The highest BCUT2D eigenvalue weighted by atomic mass is 32.2.